The fourth-order valence-corrected chi connectivity index (χ4v) is 10.5. The second-order valence-electron chi connectivity index (χ2n) is 7.18. The maximum absolute atomic E-state index is 2.63. The molecule has 2 unspecified atom stereocenters. The molecule has 0 N–H and O–H groups in total. The first-order valence-electron chi connectivity index (χ1n) is 8.48. The molecule has 2 atom stereocenters. The van der Waals surface area contributed by atoms with Crippen LogP contribution in [-0.4, -0.2) is 0 Å². The van der Waals surface area contributed by atoms with Crippen molar-refractivity contribution in [1.82, 2.24) is 0 Å². The smallest absolute Gasteiger partial charge is 1.00 e. The third-order valence-corrected chi connectivity index (χ3v) is 13.1. The summed E-state index contributed by atoms with van der Waals surface area (Å²) < 4.78 is 0.895. The van der Waals surface area contributed by atoms with Gasteiger partial charge in [0.05, 0.1) is 0 Å². The van der Waals surface area contributed by atoms with Gasteiger partial charge in [0.15, 0.2) is 0 Å². The molecule has 0 saturated heterocycles. The molecular formula is C20H30Cl2Hf. The van der Waals surface area contributed by atoms with Crippen LogP contribution in [-0.2, 0) is 22.9 Å². The predicted octanol–water partition coefficient (Wildman–Crippen LogP) is 0.519. The summed E-state index contributed by atoms with van der Waals surface area (Å²) in [4.78, 5) is 0. The van der Waals surface area contributed by atoms with E-state index in [-0.39, 0.29) is 24.8 Å². The van der Waals surface area contributed by atoms with E-state index in [2.05, 4.69) is 78.0 Å². The number of hydrogen-bond acceptors (Lipinski definition) is 0. The largest absolute Gasteiger partial charge is 1.00 e. The summed E-state index contributed by atoms with van der Waals surface area (Å²) in [7, 11) is 0. The van der Waals surface area contributed by atoms with Crippen LogP contribution in [0.1, 0.15) is 54.4 Å². The standard InChI is InChI=1S/2C10H15.2ClH.Hf/c2*1-4-9-5-6-10(7-9)8(2)3;;;/h2*5-8H,4H2,1-3H3;2*1H;/q;;;;+2/p-2. The van der Waals surface area contributed by atoms with E-state index in [0.29, 0.717) is 18.2 Å². The van der Waals surface area contributed by atoms with E-state index in [1.807, 2.05) is 0 Å². The summed E-state index contributed by atoms with van der Waals surface area (Å²) in [5, 5.41) is 0. The summed E-state index contributed by atoms with van der Waals surface area (Å²) in [6.45, 7) is 14.0. The first-order chi connectivity index (χ1) is 9.85. The molecule has 0 bridgehead atoms. The minimum absolute atomic E-state index is 0. The average molecular weight is 520 g/mol. The Labute approximate surface area is 167 Å². The van der Waals surface area contributed by atoms with Crippen molar-refractivity contribution in [3.63, 3.8) is 0 Å². The second kappa shape index (κ2) is 9.20. The molecule has 2 aliphatic carbocycles. The normalized spacial score (nSPS) is 28.3. The SMILES string of the molecule is CC[C]1([Hf+2][C]2(CC)C=CC(C(C)C)=C2)C=CC(C(C)C)=C1.[Cl-].[Cl-]. The van der Waals surface area contributed by atoms with Crippen LogP contribution in [0.4, 0.5) is 0 Å². The molecule has 0 heterocycles. The monoisotopic (exact) mass is 520 g/mol. The van der Waals surface area contributed by atoms with E-state index < -0.39 is 22.9 Å². The van der Waals surface area contributed by atoms with Crippen LogP contribution >= 0.6 is 0 Å². The molecule has 3 heteroatoms. The van der Waals surface area contributed by atoms with Gasteiger partial charge in [0.2, 0.25) is 0 Å². The number of hydrogen-bond donors (Lipinski definition) is 0. The summed E-state index contributed by atoms with van der Waals surface area (Å²) in [6, 6.07) is 0. The van der Waals surface area contributed by atoms with Crippen LogP contribution in [0.25, 0.3) is 0 Å². The van der Waals surface area contributed by atoms with Gasteiger partial charge < -0.3 is 24.8 Å². The van der Waals surface area contributed by atoms with Crippen LogP contribution in [0.3, 0.4) is 0 Å². The maximum Gasteiger partial charge on any atom is -1.00 e. The molecule has 0 radical (unpaired) electrons. The minimum atomic E-state index is -0.911. The molecule has 0 spiro atoms. The third-order valence-electron chi connectivity index (χ3n) is 4.96. The van der Waals surface area contributed by atoms with Gasteiger partial charge in [-0.1, -0.05) is 0 Å². The van der Waals surface area contributed by atoms with Crippen LogP contribution < -0.4 is 24.8 Å². The molecular weight excluding hydrogens is 490 g/mol. The van der Waals surface area contributed by atoms with Crippen molar-refractivity contribution >= 4 is 0 Å². The minimum Gasteiger partial charge on any atom is -1.00 e. The van der Waals surface area contributed by atoms with Crippen LogP contribution in [0.2, 0.25) is 6.34 Å². The molecule has 2 aliphatic rings. The molecule has 128 valence electrons. The van der Waals surface area contributed by atoms with Crippen molar-refractivity contribution in [1.29, 1.82) is 0 Å². The van der Waals surface area contributed by atoms with Crippen LogP contribution in [0.5, 0.6) is 0 Å². The van der Waals surface area contributed by atoms with E-state index in [9.17, 15) is 0 Å². The van der Waals surface area contributed by atoms with E-state index in [1.165, 1.54) is 12.8 Å². The van der Waals surface area contributed by atoms with Crippen molar-refractivity contribution in [2.75, 3.05) is 0 Å². The Morgan fingerprint density at radius 2 is 1.13 bits per heavy atom. The van der Waals surface area contributed by atoms with Gasteiger partial charge in [-0.05, 0) is 0 Å². The van der Waals surface area contributed by atoms with Crippen molar-refractivity contribution in [2.45, 2.75) is 60.7 Å². The van der Waals surface area contributed by atoms with Crippen LogP contribution in [0.15, 0.2) is 47.6 Å². The third kappa shape index (κ3) is 5.19. The van der Waals surface area contributed by atoms with Gasteiger partial charge in [0.1, 0.15) is 0 Å². The summed E-state index contributed by atoms with van der Waals surface area (Å²) >= 11 is -0.911. The Morgan fingerprint density at radius 1 is 0.783 bits per heavy atom. The zero-order valence-electron chi connectivity index (χ0n) is 15.3. The van der Waals surface area contributed by atoms with Gasteiger partial charge in [-0.3, -0.25) is 0 Å². The first-order valence-corrected chi connectivity index (χ1v) is 12.1. The average Bonchev–Trinajstić information content (AvgIpc) is 3.05. The van der Waals surface area contributed by atoms with Gasteiger partial charge in [-0.2, -0.15) is 0 Å². The fraction of sp³-hybridized carbons (Fsp3) is 0.600. The molecule has 0 aliphatic heterocycles. The van der Waals surface area contributed by atoms with E-state index >= 15 is 0 Å². The Hall–Kier alpha value is 0.410. The molecule has 0 fully saturated rings. The number of halogens is 2. The Kier molecular flexibility index (Phi) is 9.37. The molecule has 0 aromatic rings. The molecule has 0 nitrogen and oxygen atoms in total. The van der Waals surface area contributed by atoms with Crippen molar-refractivity contribution in [3.8, 4) is 0 Å². The summed E-state index contributed by atoms with van der Waals surface area (Å²) in [6.07, 6.45) is 17.8. The molecule has 0 aromatic carbocycles. The molecule has 0 saturated carbocycles. The zero-order valence-corrected chi connectivity index (χ0v) is 20.4. The Balaban J connectivity index is 0.00000242. The van der Waals surface area contributed by atoms with Gasteiger partial charge in [0.25, 0.3) is 0 Å². The van der Waals surface area contributed by atoms with Gasteiger partial charge in [0, 0.05) is 0 Å². The van der Waals surface area contributed by atoms with E-state index in [4.69, 9.17) is 0 Å². The molecule has 0 amide bonds. The van der Waals surface area contributed by atoms with Crippen molar-refractivity contribution in [2.24, 2.45) is 11.8 Å². The van der Waals surface area contributed by atoms with Crippen molar-refractivity contribution < 1.29 is 47.7 Å². The van der Waals surface area contributed by atoms with Gasteiger partial charge in [-0.15, -0.1) is 0 Å². The topological polar surface area (TPSA) is 0 Å². The van der Waals surface area contributed by atoms with E-state index in [1.54, 1.807) is 11.1 Å². The van der Waals surface area contributed by atoms with Gasteiger partial charge >= 0.3 is 143 Å². The second-order valence-corrected chi connectivity index (χ2v) is 14.8. The maximum atomic E-state index is 2.63. The van der Waals surface area contributed by atoms with E-state index in [0.717, 1.165) is 0 Å². The predicted molar refractivity (Wildman–Crippen MR) is 90.1 cm³/mol. The van der Waals surface area contributed by atoms with Crippen LogP contribution in [0, 0.1) is 11.8 Å². The first kappa shape index (κ1) is 23.4. The summed E-state index contributed by atoms with van der Waals surface area (Å²) in [5.74, 6) is 1.33. The Bertz CT molecular complexity index is 468. The van der Waals surface area contributed by atoms with Gasteiger partial charge in [-0.25, -0.2) is 0 Å². The number of allylic oxidation sites excluding steroid dienone is 8. The Morgan fingerprint density at radius 3 is 1.35 bits per heavy atom. The molecule has 23 heavy (non-hydrogen) atoms. The quantitative estimate of drug-likeness (QED) is 0.449. The number of rotatable bonds is 6. The fourth-order valence-electron chi connectivity index (χ4n) is 3.20. The molecule has 2 rings (SSSR count). The zero-order chi connectivity index (χ0) is 15.7. The van der Waals surface area contributed by atoms with Crippen molar-refractivity contribution in [3.05, 3.63) is 47.6 Å². The molecule has 0 aromatic heterocycles. The summed E-state index contributed by atoms with van der Waals surface area (Å²) in [5.41, 5.74) is 3.12.